The standard InChI is InChI=1S/C18H26N2O4/c1-13(2)18(22)20-9-7-19(8-10-20)17(21)11-14-5-6-15(23-3)12-16(14)24-4/h5-6,12-13H,7-11H2,1-4H3. The van der Waals surface area contributed by atoms with Crippen LogP contribution in [0.4, 0.5) is 0 Å². The molecule has 0 aliphatic carbocycles. The van der Waals surface area contributed by atoms with Crippen LogP contribution in [0.5, 0.6) is 11.5 Å². The van der Waals surface area contributed by atoms with Crippen LogP contribution in [0.2, 0.25) is 0 Å². The number of ether oxygens (including phenoxy) is 2. The summed E-state index contributed by atoms with van der Waals surface area (Å²) in [5.41, 5.74) is 0.837. The molecule has 24 heavy (non-hydrogen) atoms. The van der Waals surface area contributed by atoms with Gasteiger partial charge < -0.3 is 19.3 Å². The van der Waals surface area contributed by atoms with Crippen molar-refractivity contribution >= 4 is 11.8 Å². The second-order valence-electron chi connectivity index (χ2n) is 6.22. The minimum absolute atomic E-state index is 0.00388. The predicted octanol–water partition coefficient (Wildman–Crippen LogP) is 1.57. The minimum Gasteiger partial charge on any atom is -0.497 e. The Kier molecular flexibility index (Phi) is 6.06. The number of nitrogens with zero attached hydrogens (tertiary/aromatic N) is 2. The Bertz CT molecular complexity index is 593. The topological polar surface area (TPSA) is 59.1 Å². The Morgan fingerprint density at radius 2 is 1.67 bits per heavy atom. The summed E-state index contributed by atoms with van der Waals surface area (Å²) in [4.78, 5) is 28.2. The average molecular weight is 334 g/mol. The molecule has 0 atom stereocenters. The van der Waals surface area contributed by atoms with Crippen molar-refractivity contribution in [2.75, 3.05) is 40.4 Å². The Hall–Kier alpha value is -2.24. The van der Waals surface area contributed by atoms with Gasteiger partial charge in [-0.05, 0) is 6.07 Å². The highest BCUT2D eigenvalue weighted by Crippen LogP contribution is 2.25. The van der Waals surface area contributed by atoms with E-state index in [0.29, 0.717) is 37.7 Å². The average Bonchev–Trinajstić information content (AvgIpc) is 2.61. The van der Waals surface area contributed by atoms with Crippen LogP contribution in [0.25, 0.3) is 0 Å². The van der Waals surface area contributed by atoms with Crippen LogP contribution >= 0.6 is 0 Å². The van der Waals surface area contributed by atoms with Gasteiger partial charge in [-0.3, -0.25) is 9.59 Å². The van der Waals surface area contributed by atoms with E-state index in [4.69, 9.17) is 9.47 Å². The first-order chi connectivity index (χ1) is 11.5. The lowest BCUT2D eigenvalue weighted by Gasteiger charge is -2.35. The smallest absolute Gasteiger partial charge is 0.227 e. The number of hydrogen-bond acceptors (Lipinski definition) is 4. The SMILES string of the molecule is COc1ccc(CC(=O)N2CCN(C(=O)C(C)C)CC2)c(OC)c1. The number of benzene rings is 1. The highest BCUT2D eigenvalue weighted by molar-refractivity contribution is 5.81. The van der Waals surface area contributed by atoms with E-state index in [0.717, 1.165) is 5.56 Å². The number of carbonyl (C=O) groups excluding carboxylic acids is 2. The maximum Gasteiger partial charge on any atom is 0.227 e. The largest absolute Gasteiger partial charge is 0.497 e. The van der Waals surface area contributed by atoms with Gasteiger partial charge in [0.1, 0.15) is 11.5 Å². The quantitative estimate of drug-likeness (QED) is 0.820. The van der Waals surface area contributed by atoms with Gasteiger partial charge in [0, 0.05) is 43.7 Å². The lowest BCUT2D eigenvalue weighted by atomic mass is 10.1. The van der Waals surface area contributed by atoms with Crippen molar-refractivity contribution in [2.24, 2.45) is 5.92 Å². The molecule has 1 fully saturated rings. The normalized spacial score (nSPS) is 14.7. The monoisotopic (exact) mass is 334 g/mol. The van der Waals surface area contributed by atoms with Crippen molar-refractivity contribution in [1.29, 1.82) is 0 Å². The van der Waals surface area contributed by atoms with Gasteiger partial charge in [-0.25, -0.2) is 0 Å². The molecule has 2 amide bonds. The number of amides is 2. The number of piperazine rings is 1. The maximum atomic E-state index is 12.5. The first-order valence-electron chi connectivity index (χ1n) is 8.23. The molecule has 6 nitrogen and oxygen atoms in total. The number of rotatable bonds is 5. The van der Waals surface area contributed by atoms with Gasteiger partial charge >= 0.3 is 0 Å². The highest BCUT2D eigenvalue weighted by Gasteiger charge is 2.25. The highest BCUT2D eigenvalue weighted by atomic mass is 16.5. The first kappa shape index (κ1) is 18.1. The van der Waals surface area contributed by atoms with Crippen LogP contribution in [-0.2, 0) is 16.0 Å². The van der Waals surface area contributed by atoms with Gasteiger partial charge in [0.2, 0.25) is 11.8 Å². The molecule has 0 saturated carbocycles. The molecule has 0 spiro atoms. The zero-order valence-corrected chi connectivity index (χ0v) is 14.9. The van der Waals surface area contributed by atoms with Crippen LogP contribution in [0, 0.1) is 5.92 Å². The molecule has 1 aliphatic rings. The molecular weight excluding hydrogens is 308 g/mol. The Morgan fingerprint density at radius 1 is 1.04 bits per heavy atom. The molecule has 0 bridgehead atoms. The third-order valence-electron chi connectivity index (χ3n) is 4.27. The molecule has 132 valence electrons. The van der Waals surface area contributed by atoms with Crippen molar-refractivity contribution in [3.8, 4) is 11.5 Å². The van der Waals surface area contributed by atoms with Crippen molar-refractivity contribution in [3.63, 3.8) is 0 Å². The number of methoxy groups -OCH3 is 2. The maximum absolute atomic E-state index is 12.5. The summed E-state index contributed by atoms with van der Waals surface area (Å²) < 4.78 is 10.5. The third-order valence-corrected chi connectivity index (χ3v) is 4.27. The van der Waals surface area contributed by atoms with Crippen LogP contribution < -0.4 is 9.47 Å². The molecule has 6 heteroatoms. The van der Waals surface area contributed by atoms with Gasteiger partial charge in [0.25, 0.3) is 0 Å². The molecular formula is C18H26N2O4. The lowest BCUT2D eigenvalue weighted by Crippen LogP contribution is -2.51. The van der Waals surface area contributed by atoms with Crippen molar-refractivity contribution in [1.82, 2.24) is 9.80 Å². The van der Waals surface area contributed by atoms with Crippen molar-refractivity contribution in [2.45, 2.75) is 20.3 Å². The lowest BCUT2D eigenvalue weighted by molar-refractivity contribution is -0.141. The molecule has 0 aromatic heterocycles. The van der Waals surface area contributed by atoms with Crippen LogP contribution in [-0.4, -0.2) is 62.0 Å². The summed E-state index contributed by atoms with van der Waals surface area (Å²) in [5.74, 6) is 1.55. The van der Waals surface area contributed by atoms with Gasteiger partial charge in [0.15, 0.2) is 0 Å². The Balaban J connectivity index is 1.96. The van der Waals surface area contributed by atoms with E-state index in [-0.39, 0.29) is 24.2 Å². The number of hydrogen-bond donors (Lipinski definition) is 0. The zero-order valence-electron chi connectivity index (χ0n) is 14.9. The second kappa shape index (κ2) is 8.04. The number of carbonyl (C=O) groups is 2. The van der Waals surface area contributed by atoms with Crippen molar-refractivity contribution < 1.29 is 19.1 Å². The van der Waals surface area contributed by atoms with Crippen LogP contribution in [0.1, 0.15) is 19.4 Å². The molecule has 2 rings (SSSR count). The fraction of sp³-hybridized carbons (Fsp3) is 0.556. The van der Waals surface area contributed by atoms with Crippen LogP contribution in [0.15, 0.2) is 18.2 Å². The van der Waals surface area contributed by atoms with Gasteiger partial charge in [0.05, 0.1) is 20.6 Å². The van der Waals surface area contributed by atoms with E-state index in [1.165, 1.54) is 0 Å². The van der Waals surface area contributed by atoms with E-state index in [1.807, 2.05) is 35.8 Å². The van der Waals surface area contributed by atoms with E-state index in [2.05, 4.69) is 0 Å². The third kappa shape index (κ3) is 4.19. The molecule has 0 radical (unpaired) electrons. The fourth-order valence-corrected chi connectivity index (χ4v) is 2.81. The van der Waals surface area contributed by atoms with E-state index >= 15 is 0 Å². The molecule has 1 aliphatic heterocycles. The molecule has 1 aromatic carbocycles. The van der Waals surface area contributed by atoms with Crippen molar-refractivity contribution in [3.05, 3.63) is 23.8 Å². The zero-order chi connectivity index (χ0) is 17.7. The van der Waals surface area contributed by atoms with Gasteiger partial charge in [-0.2, -0.15) is 0 Å². The molecule has 0 unspecified atom stereocenters. The summed E-state index contributed by atoms with van der Waals surface area (Å²) in [6.45, 7) is 6.15. The molecule has 1 saturated heterocycles. The first-order valence-corrected chi connectivity index (χ1v) is 8.23. The Morgan fingerprint density at radius 3 is 2.21 bits per heavy atom. The summed E-state index contributed by atoms with van der Waals surface area (Å²) in [7, 11) is 3.18. The Labute approximate surface area is 143 Å². The molecule has 1 heterocycles. The van der Waals surface area contributed by atoms with E-state index in [9.17, 15) is 9.59 Å². The molecule has 1 aromatic rings. The van der Waals surface area contributed by atoms with Gasteiger partial charge in [-0.15, -0.1) is 0 Å². The molecule has 0 N–H and O–H groups in total. The summed E-state index contributed by atoms with van der Waals surface area (Å²) in [6, 6.07) is 5.46. The summed E-state index contributed by atoms with van der Waals surface area (Å²) in [5, 5.41) is 0. The fourth-order valence-electron chi connectivity index (χ4n) is 2.81. The minimum atomic E-state index is -0.00388. The van der Waals surface area contributed by atoms with E-state index in [1.54, 1.807) is 20.3 Å². The summed E-state index contributed by atoms with van der Waals surface area (Å²) >= 11 is 0. The van der Waals surface area contributed by atoms with Crippen LogP contribution in [0.3, 0.4) is 0 Å². The predicted molar refractivity (Wildman–Crippen MR) is 91.2 cm³/mol. The second-order valence-corrected chi connectivity index (χ2v) is 6.22. The summed E-state index contributed by atoms with van der Waals surface area (Å²) in [6.07, 6.45) is 0.283. The van der Waals surface area contributed by atoms with Gasteiger partial charge in [-0.1, -0.05) is 19.9 Å². The van der Waals surface area contributed by atoms with E-state index < -0.39 is 0 Å².